The van der Waals surface area contributed by atoms with E-state index in [1.807, 2.05) is 0 Å². The molecule has 7 heteroatoms. The Kier molecular flexibility index (Phi) is 4.16. The Bertz CT molecular complexity index is 500. The van der Waals surface area contributed by atoms with Crippen LogP contribution in [0.3, 0.4) is 0 Å². The van der Waals surface area contributed by atoms with Crippen LogP contribution < -0.4 is 11.1 Å². The molecule has 0 aliphatic heterocycles. The Balaban J connectivity index is 1.93. The molecule has 0 bridgehead atoms. The number of aryl methyl sites for hydroxylation is 1. The minimum Gasteiger partial charge on any atom is -0.477 e. The first-order valence-corrected chi connectivity index (χ1v) is 7.03. The van der Waals surface area contributed by atoms with Gasteiger partial charge in [0.2, 0.25) is 5.91 Å². The van der Waals surface area contributed by atoms with E-state index in [4.69, 9.17) is 10.8 Å². The number of carboxylic acids is 1. The average Bonchev–Trinajstić information content (AvgIpc) is 2.92. The number of aromatic nitrogens is 1. The average molecular weight is 283 g/mol. The fourth-order valence-corrected chi connectivity index (χ4v) is 3.18. The van der Waals surface area contributed by atoms with Crippen molar-refractivity contribution in [3.05, 3.63) is 15.6 Å². The molecule has 2 atom stereocenters. The van der Waals surface area contributed by atoms with Crippen LogP contribution in [-0.4, -0.2) is 28.0 Å². The van der Waals surface area contributed by atoms with E-state index >= 15 is 0 Å². The van der Waals surface area contributed by atoms with Crippen LogP contribution in [0.5, 0.6) is 0 Å². The fraction of sp³-hybridized carbons (Fsp3) is 0.583. The number of thiazole rings is 1. The van der Waals surface area contributed by atoms with Gasteiger partial charge in [-0.1, -0.05) is 6.42 Å². The highest BCUT2D eigenvalue weighted by Gasteiger charge is 2.30. The Labute approximate surface area is 115 Å². The zero-order valence-corrected chi connectivity index (χ0v) is 11.5. The molecule has 19 heavy (non-hydrogen) atoms. The molecule has 2 rings (SSSR count). The number of carboxylic acid groups (broad SMARTS) is 1. The monoisotopic (exact) mass is 283 g/mol. The predicted molar refractivity (Wildman–Crippen MR) is 71.0 cm³/mol. The van der Waals surface area contributed by atoms with Crippen LogP contribution in [-0.2, 0) is 11.3 Å². The molecule has 1 aromatic heterocycles. The minimum atomic E-state index is -0.981. The number of nitrogens with two attached hydrogens (primary N) is 1. The van der Waals surface area contributed by atoms with E-state index in [0.717, 1.165) is 30.6 Å². The Hall–Kier alpha value is -1.47. The van der Waals surface area contributed by atoms with Gasteiger partial charge in [-0.2, -0.15) is 0 Å². The molecule has 1 amide bonds. The zero-order valence-electron chi connectivity index (χ0n) is 10.7. The van der Waals surface area contributed by atoms with Crippen LogP contribution in [0, 0.1) is 12.8 Å². The molecule has 104 valence electrons. The summed E-state index contributed by atoms with van der Waals surface area (Å²) in [6.07, 6.45) is 2.70. The van der Waals surface area contributed by atoms with Gasteiger partial charge in [-0.3, -0.25) is 4.79 Å². The van der Waals surface area contributed by atoms with E-state index in [-0.39, 0.29) is 29.3 Å². The number of nitrogens with zero attached hydrogens (tertiary/aromatic N) is 1. The van der Waals surface area contributed by atoms with Crippen LogP contribution >= 0.6 is 11.3 Å². The number of rotatable bonds is 4. The van der Waals surface area contributed by atoms with Gasteiger partial charge in [-0.15, -0.1) is 11.3 Å². The van der Waals surface area contributed by atoms with E-state index in [2.05, 4.69) is 10.3 Å². The molecule has 4 N–H and O–H groups in total. The van der Waals surface area contributed by atoms with E-state index in [0.29, 0.717) is 10.7 Å². The third kappa shape index (κ3) is 3.10. The lowest BCUT2D eigenvalue weighted by atomic mass is 10.0. The summed E-state index contributed by atoms with van der Waals surface area (Å²) in [6.45, 7) is 1.92. The molecular formula is C12H17N3O3S. The van der Waals surface area contributed by atoms with Crippen LogP contribution in [0.2, 0.25) is 0 Å². The number of nitrogens with one attached hydrogen (secondary N) is 1. The number of amides is 1. The third-order valence-electron chi connectivity index (χ3n) is 3.36. The number of carbonyl (C=O) groups is 2. The van der Waals surface area contributed by atoms with Crippen molar-refractivity contribution >= 4 is 23.2 Å². The predicted octanol–water partition coefficient (Wildman–Crippen LogP) is 0.893. The van der Waals surface area contributed by atoms with Crippen molar-refractivity contribution in [2.75, 3.05) is 0 Å². The molecule has 1 heterocycles. The maximum Gasteiger partial charge on any atom is 0.347 e. The van der Waals surface area contributed by atoms with E-state index in [1.54, 1.807) is 6.92 Å². The summed E-state index contributed by atoms with van der Waals surface area (Å²) in [5.41, 5.74) is 6.35. The van der Waals surface area contributed by atoms with Crippen molar-refractivity contribution in [3.8, 4) is 0 Å². The summed E-state index contributed by atoms with van der Waals surface area (Å²) in [6, 6.07) is -0.0624. The zero-order chi connectivity index (χ0) is 14.0. The van der Waals surface area contributed by atoms with Crippen molar-refractivity contribution in [1.82, 2.24) is 10.3 Å². The molecule has 1 aliphatic carbocycles. The standard InChI is InChI=1S/C12H17N3O3S/c1-6-10(12(17)18)19-9(15-6)5-14-11(16)7-3-2-4-8(7)13/h7-8H,2-5,13H2,1H3,(H,14,16)(H,17,18). The molecular weight excluding hydrogens is 266 g/mol. The molecule has 1 fully saturated rings. The van der Waals surface area contributed by atoms with Crippen LogP contribution in [0.4, 0.5) is 0 Å². The highest BCUT2D eigenvalue weighted by atomic mass is 32.1. The second-order valence-electron chi connectivity index (χ2n) is 4.75. The van der Waals surface area contributed by atoms with Gasteiger partial charge in [0.1, 0.15) is 9.88 Å². The van der Waals surface area contributed by atoms with E-state index in [9.17, 15) is 9.59 Å². The van der Waals surface area contributed by atoms with E-state index < -0.39 is 5.97 Å². The van der Waals surface area contributed by atoms with Crippen molar-refractivity contribution in [3.63, 3.8) is 0 Å². The first-order valence-electron chi connectivity index (χ1n) is 6.22. The molecule has 1 saturated carbocycles. The smallest absolute Gasteiger partial charge is 0.347 e. The lowest BCUT2D eigenvalue weighted by molar-refractivity contribution is -0.125. The molecule has 1 aromatic rings. The second kappa shape index (κ2) is 5.66. The fourth-order valence-electron chi connectivity index (χ4n) is 2.33. The topological polar surface area (TPSA) is 105 Å². The minimum absolute atomic E-state index is 0.0604. The van der Waals surface area contributed by atoms with Crippen molar-refractivity contribution in [1.29, 1.82) is 0 Å². The summed E-state index contributed by atoms with van der Waals surface area (Å²) in [5.74, 6) is -1.17. The maximum atomic E-state index is 11.9. The number of hydrogen-bond donors (Lipinski definition) is 3. The first-order chi connectivity index (χ1) is 8.99. The first kappa shape index (κ1) is 14.0. The SMILES string of the molecule is Cc1nc(CNC(=O)C2CCCC2N)sc1C(=O)O. The second-order valence-corrected chi connectivity index (χ2v) is 5.83. The van der Waals surface area contributed by atoms with Crippen LogP contribution in [0.1, 0.15) is 39.6 Å². The summed E-state index contributed by atoms with van der Waals surface area (Å²) in [7, 11) is 0. The van der Waals surface area contributed by atoms with Gasteiger partial charge in [0.15, 0.2) is 0 Å². The Morgan fingerprint density at radius 3 is 2.79 bits per heavy atom. The number of hydrogen-bond acceptors (Lipinski definition) is 5. The lowest BCUT2D eigenvalue weighted by Crippen LogP contribution is -2.38. The molecule has 6 nitrogen and oxygen atoms in total. The largest absolute Gasteiger partial charge is 0.477 e. The van der Waals surface area contributed by atoms with Crippen molar-refractivity contribution in [2.24, 2.45) is 11.7 Å². The normalized spacial score (nSPS) is 22.4. The van der Waals surface area contributed by atoms with Gasteiger partial charge < -0.3 is 16.2 Å². The van der Waals surface area contributed by atoms with Crippen molar-refractivity contribution < 1.29 is 14.7 Å². The van der Waals surface area contributed by atoms with Gasteiger partial charge in [0.25, 0.3) is 0 Å². The highest BCUT2D eigenvalue weighted by molar-refractivity contribution is 7.13. The molecule has 1 aliphatic rings. The van der Waals surface area contributed by atoms with Gasteiger partial charge in [-0.05, 0) is 19.8 Å². The number of aromatic carboxylic acids is 1. The Morgan fingerprint density at radius 2 is 2.26 bits per heavy atom. The summed E-state index contributed by atoms with van der Waals surface area (Å²) in [4.78, 5) is 27.2. The summed E-state index contributed by atoms with van der Waals surface area (Å²) in [5, 5.41) is 12.3. The van der Waals surface area contributed by atoms with E-state index in [1.165, 1.54) is 0 Å². The maximum absolute atomic E-state index is 11.9. The number of carbonyl (C=O) groups excluding carboxylic acids is 1. The van der Waals surface area contributed by atoms with Gasteiger partial charge in [0, 0.05) is 6.04 Å². The molecule has 0 saturated heterocycles. The Morgan fingerprint density at radius 1 is 1.53 bits per heavy atom. The van der Waals surface area contributed by atoms with Crippen LogP contribution in [0.15, 0.2) is 0 Å². The highest BCUT2D eigenvalue weighted by Crippen LogP contribution is 2.24. The van der Waals surface area contributed by atoms with Crippen molar-refractivity contribution in [2.45, 2.75) is 38.8 Å². The van der Waals surface area contributed by atoms with Gasteiger partial charge >= 0.3 is 5.97 Å². The van der Waals surface area contributed by atoms with Gasteiger partial charge in [0.05, 0.1) is 18.2 Å². The lowest BCUT2D eigenvalue weighted by Gasteiger charge is -2.14. The molecule has 0 spiro atoms. The summed E-state index contributed by atoms with van der Waals surface area (Å²) >= 11 is 1.10. The third-order valence-corrected chi connectivity index (χ3v) is 4.50. The molecule has 2 unspecified atom stereocenters. The summed E-state index contributed by atoms with van der Waals surface area (Å²) < 4.78 is 0. The molecule has 0 aromatic carbocycles. The quantitative estimate of drug-likeness (QED) is 0.761. The van der Waals surface area contributed by atoms with Crippen LogP contribution in [0.25, 0.3) is 0 Å². The molecule has 0 radical (unpaired) electrons. The van der Waals surface area contributed by atoms with Gasteiger partial charge in [-0.25, -0.2) is 9.78 Å².